The van der Waals surface area contributed by atoms with Gasteiger partial charge in [-0.2, -0.15) is 0 Å². The number of nitrogens with zero attached hydrogens (tertiary/aromatic N) is 3. The third kappa shape index (κ3) is 5.20. The molecule has 1 aromatic rings. The van der Waals surface area contributed by atoms with Gasteiger partial charge < -0.3 is 15.2 Å². The second kappa shape index (κ2) is 8.57. The summed E-state index contributed by atoms with van der Waals surface area (Å²) in [5.41, 5.74) is 0. The van der Waals surface area contributed by atoms with Crippen LogP contribution in [0.1, 0.15) is 27.2 Å². The molecule has 0 radical (unpaired) electrons. The number of aryl methyl sites for hydroxylation is 1. The van der Waals surface area contributed by atoms with Gasteiger partial charge in [0, 0.05) is 13.1 Å². The Labute approximate surface area is 122 Å². The molecule has 0 saturated carbocycles. The molecule has 0 saturated heterocycles. The van der Waals surface area contributed by atoms with Gasteiger partial charge >= 0.3 is 0 Å². The van der Waals surface area contributed by atoms with Gasteiger partial charge in [0.05, 0.1) is 5.75 Å². The van der Waals surface area contributed by atoms with Crippen molar-refractivity contribution >= 4 is 23.6 Å². The molecule has 2 amide bonds. The highest BCUT2D eigenvalue weighted by Crippen LogP contribution is 2.13. The standard InChI is InChI=1S/C12H21N5O2S/c1-4-6-13-11(19)9(3)15-10(18)7-20-12-16-14-8-17(12)5-2/h8-9H,4-7H2,1-3H3,(H,13,19)(H,15,18)/t9-/m0/s1. The van der Waals surface area contributed by atoms with Crippen LogP contribution in [0.2, 0.25) is 0 Å². The van der Waals surface area contributed by atoms with Crippen molar-refractivity contribution in [3.63, 3.8) is 0 Å². The van der Waals surface area contributed by atoms with Gasteiger partial charge in [-0.3, -0.25) is 9.59 Å². The fourth-order valence-corrected chi connectivity index (χ4v) is 2.24. The minimum atomic E-state index is -0.529. The summed E-state index contributed by atoms with van der Waals surface area (Å²) in [5, 5.41) is 13.8. The van der Waals surface area contributed by atoms with Gasteiger partial charge in [-0.25, -0.2) is 0 Å². The molecule has 0 bridgehead atoms. The maximum Gasteiger partial charge on any atom is 0.242 e. The minimum Gasteiger partial charge on any atom is -0.354 e. The zero-order valence-corrected chi connectivity index (χ0v) is 12.9. The Hall–Kier alpha value is -1.57. The molecular formula is C12H21N5O2S. The van der Waals surface area contributed by atoms with Gasteiger partial charge in [0.1, 0.15) is 12.4 Å². The minimum absolute atomic E-state index is 0.165. The Morgan fingerprint density at radius 3 is 2.85 bits per heavy atom. The van der Waals surface area contributed by atoms with Gasteiger partial charge in [0.2, 0.25) is 11.8 Å². The Bertz CT molecular complexity index is 449. The van der Waals surface area contributed by atoms with Crippen LogP contribution in [0.3, 0.4) is 0 Å². The molecule has 1 atom stereocenters. The number of carbonyl (C=O) groups is 2. The first-order valence-corrected chi connectivity index (χ1v) is 7.64. The summed E-state index contributed by atoms with van der Waals surface area (Å²) in [5.74, 6) is -0.147. The summed E-state index contributed by atoms with van der Waals surface area (Å²) < 4.78 is 1.86. The third-order valence-electron chi connectivity index (χ3n) is 2.57. The van der Waals surface area contributed by atoms with E-state index in [9.17, 15) is 9.59 Å². The summed E-state index contributed by atoms with van der Waals surface area (Å²) in [6, 6.07) is -0.529. The highest BCUT2D eigenvalue weighted by atomic mass is 32.2. The Morgan fingerprint density at radius 1 is 1.45 bits per heavy atom. The zero-order chi connectivity index (χ0) is 15.0. The van der Waals surface area contributed by atoms with Crippen molar-refractivity contribution in [3.8, 4) is 0 Å². The van der Waals surface area contributed by atoms with E-state index in [2.05, 4.69) is 20.8 Å². The van der Waals surface area contributed by atoms with E-state index < -0.39 is 6.04 Å². The normalized spacial score (nSPS) is 11.9. The molecule has 8 heteroatoms. The van der Waals surface area contributed by atoms with E-state index in [1.807, 2.05) is 18.4 Å². The molecule has 0 aliphatic carbocycles. The maximum absolute atomic E-state index is 11.8. The predicted octanol–water partition coefficient (Wildman–Crippen LogP) is 0.421. The average molecular weight is 299 g/mol. The second-order valence-electron chi connectivity index (χ2n) is 4.27. The highest BCUT2D eigenvalue weighted by molar-refractivity contribution is 7.99. The van der Waals surface area contributed by atoms with Crippen LogP contribution >= 0.6 is 11.8 Å². The van der Waals surface area contributed by atoms with Crippen LogP contribution in [0.15, 0.2) is 11.5 Å². The van der Waals surface area contributed by atoms with E-state index in [0.29, 0.717) is 11.7 Å². The topological polar surface area (TPSA) is 88.9 Å². The van der Waals surface area contributed by atoms with Crippen LogP contribution in [0.4, 0.5) is 0 Å². The van der Waals surface area contributed by atoms with Crippen molar-refractivity contribution in [1.82, 2.24) is 25.4 Å². The fraction of sp³-hybridized carbons (Fsp3) is 0.667. The van der Waals surface area contributed by atoms with Crippen molar-refractivity contribution < 1.29 is 9.59 Å². The first kappa shape index (κ1) is 16.5. The van der Waals surface area contributed by atoms with Crippen LogP contribution in [0.5, 0.6) is 0 Å². The van der Waals surface area contributed by atoms with E-state index in [4.69, 9.17) is 0 Å². The molecule has 0 fully saturated rings. The lowest BCUT2D eigenvalue weighted by Crippen LogP contribution is -2.45. The lowest BCUT2D eigenvalue weighted by molar-refractivity contribution is -0.127. The van der Waals surface area contributed by atoms with Crippen LogP contribution in [-0.4, -0.2) is 44.9 Å². The van der Waals surface area contributed by atoms with Gasteiger partial charge in [-0.1, -0.05) is 18.7 Å². The lowest BCUT2D eigenvalue weighted by atomic mass is 10.3. The molecule has 0 unspecified atom stereocenters. The number of thioether (sulfide) groups is 1. The number of hydrogen-bond acceptors (Lipinski definition) is 5. The summed E-state index contributed by atoms with van der Waals surface area (Å²) in [7, 11) is 0. The van der Waals surface area contributed by atoms with Gasteiger partial charge in [-0.05, 0) is 20.3 Å². The average Bonchev–Trinajstić information content (AvgIpc) is 2.89. The highest BCUT2D eigenvalue weighted by Gasteiger charge is 2.15. The molecule has 0 aliphatic rings. The smallest absolute Gasteiger partial charge is 0.242 e. The number of aromatic nitrogens is 3. The van der Waals surface area contributed by atoms with E-state index in [0.717, 1.165) is 13.0 Å². The molecule has 1 heterocycles. The third-order valence-corrected chi connectivity index (χ3v) is 3.55. The number of hydrogen-bond donors (Lipinski definition) is 2. The quantitative estimate of drug-likeness (QED) is 0.679. The van der Waals surface area contributed by atoms with Crippen molar-refractivity contribution in [2.75, 3.05) is 12.3 Å². The van der Waals surface area contributed by atoms with Crippen molar-refractivity contribution in [3.05, 3.63) is 6.33 Å². The monoisotopic (exact) mass is 299 g/mol. The number of nitrogens with one attached hydrogen (secondary N) is 2. The molecule has 0 spiro atoms. The molecular weight excluding hydrogens is 278 g/mol. The number of carbonyl (C=O) groups excluding carboxylic acids is 2. The Balaban J connectivity index is 2.34. The van der Waals surface area contributed by atoms with Crippen LogP contribution < -0.4 is 10.6 Å². The van der Waals surface area contributed by atoms with Crippen molar-refractivity contribution in [2.45, 2.75) is 44.9 Å². The summed E-state index contributed by atoms with van der Waals surface area (Å²) in [6.45, 7) is 7.00. The fourth-order valence-electron chi connectivity index (χ4n) is 1.45. The van der Waals surface area contributed by atoms with Crippen molar-refractivity contribution in [2.24, 2.45) is 0 Å². The maximum atomic E-state index is 11.8. The molecule has 0 aromatic carbocycles. The van der Waals surface area contributed by atoms with Crippen LogP contribution in [0, 0.1) is 0 Å². The molecule has 7 nitrogen and oxygen atoms in total. The largest absolute Gasteiger partial charge is 0.354 e. The van der Waals surface area contributed by atoms with Gasteiger partial charge in [0.25, 0.3) is 0 Å². The van der Waals surface area contributed by atoms with Gasteiger partial charge in [-0.15, -0.1) is 10.2 Å². The van der Waals surface area contributed by atoms with E-state index in [1.165, 1.54) is 11.8 Å². The first-order chi connectivity index (χ1) is 9.58. The molecule has 2 N–H and O–H groups in total. The number of rotatable bonds is 8. The predicted molar refractivity (Wildman–Crippen MR) is 77.3 cm³/mol. The number of amides is 2. The summed E-state index contributed by atoms with van der Waals surface area (Å²) in [6.07, 6.45) is 2.50. The van der Waals surface area contributed by atoms with E-state index in [1.54, 1.807) is 13.3 Å². The zero-order valence-electron chi connectivity index (χ0n) is 12.0. The van der Waals surface area contributed by atoms with Crippen molar-refractivity contribution in [1.29, 1.82) is 0 Å². The second-order valence-corrected chi connectivity index (χ2v) is 5.21. The van der Waals surface area contributed by atoms with Gasteiger partial charge in [0.15, 0.2) is 5.16 Å². The summed E-state index contributed by atoms with van der Waals surface area (Å²) >= 11 is 1.30. The molecule has 1 rings (SSSR count). The molecule has 1 aromatic heterocycles. The van der Waals surface area contributed by atoms with E-state index in [-0.39, 0.29) is 17.6 Å². The summed E-state index contributed by atoms with van der Waals surface area (Å²) in [4.78, 5) is 23.4. The van der Waals surface area contributed by atoms with Crippen LogP contribution in [-0.2, 0) is 16.1 Å². The molecule has 0 aliphatic heterocycles. The lowest BCUT2D eigenvalue weighted by Gasteiger charge is -2.13. The molecule has 112 valence electrons. The van der Waals surface area contributed by atoms with Crippen LogP contribution in [0.25, 0.3) is 0 Å². The Kier molecular flexibility index (Phi) is 7.06. The first-order valence-electron chi connectivity index (χ1n) is 6.66. The molecule has 20 heavy (non-hydrogen) atoms. The SMILES string of the molecule is CCCNC(=O)[C@H](C)NC(=O)CSc1nncn1CC. The van der Waals surface area contributed by atoms with E-state index >= 15 is 0 Å². The Morgan fingerprint density at radius 2 is 2.20 bits per heavy atom.